The van der Waals surface area contributed by atoms with Crippen molar-refractivity contribution < 1.29 is 0 Å². The molecule has 0 bridgehead atoms. The summed E-state index contributed by atoms with van der Waals surface area (Å²) in [5.74, 6) is 3.41. The van der Waals surface area contributed by atoms with Crippen LogP contribution in [0.4, 0.5) is 5.95 Å². The van der Waals surface area contributed by atoms with Crippen molar-refractivity contribution >= 4 is 28.0 Å². The molecule has 260 valence electrons. The third kappa shape index (κ3) is 5.70. The zero-order valence-electron chi connectivity index (χ0n) is 29.6. The van der Waals surface area contributed by atoms with Crippen LogP contribution in [0.2, 0.25) is 0 Å². The third-order valence-corrected chi connectivity index (χ3v) is 12.9. The summed E-state index contributed by atoms with van der Waals surface area (Å²) in [5.41, 5.74) is 11.1. The smallest absolute Gasteiger partial charge is 0.225 e. The molecule has 3 aliphatic heterocycles. The number of imidazole rings is 2. The van der Waals surface area contributed by atoms with Crippen LogP contribution in [0.15, 0.2) is 42.7 Å². The highest BCUT2D eigenvalue weighted by Crippen LogP contribution is 2.32. The van der Waals surface area contributed by atoms with Crippen LogP contribution >= 0.6 is 0 Å². The van der Waals surface area contributed by atoms with E-state index in [9.17, 15) is 0 Å². The molecule has 0 saturated heterocycles. The van der Waals surface area contributed by atoms with Gasteiger partial charge in [-0.25, -0.2) is 19.9 Å². The molecule has 0 atom stereocenters. The van der Waals surface area contributed by atoms with Gasteiger partial charge in [-0.05, 0) is 110 Å². The van der Waals surface area contributed by atoms with Gasteiger partial charge in [-0.3, -0.25) is 9.80 Å². The van der Waals surface area contributed by atoms with Gasteiger partial charge in [-0.1, -0.05) is 12.8 Å². The van der Waals surface area contributed by atoms with E-state index in [-0.39, 0.29) is 0 Å². The maximum atomic E-state index is 5.03. The van der Waals surface area contributed by atoms with Crippen LogP contribution in [0.1, 0.15) is 85.3 Å². The van der Waals surface area contributed by atoms with E-state index in [1.54, 1.807) is 11.1 Å². The molecule has 3 aromatic heterocycles. The molecule has 5 aromatic rings. The van der Waals surface area contributed by atoms with Gasteiger partial charge in [0.25, 0.3) is 0 Å². The van der Waals surface area contributed by atoms with Crippen molar-refractivity contribution in [2.24, 2.45) is 0 Å². The fourth-order valence-electron chi connectivity index (χ4n) is 9.54. The fraction of sp³-hybridized carbons (Fsp3) is 0.561. The lowest BCUT2D eigenvalue weighted by molar-refractivity contribution is 0.130. The highest BCUT2D eigenvalue weighted by molar-refractivity contribution is 5.79. The zero-order valence-corrected chi connectivity index (χ0v) is 29.6. The summed E-state index contributed by atoms with van der Waals surface area (Å²) in [7, 11) is 0. The predicted molar refractivity (Wildman–Crippen MR) is 199 cm³/mol. The number of rotatable bonds is 3. The molecule has 50 heavy (non-hydrogen) atoms. The van der Waals surface area contributed by atoms with Gasteiger partial charge in [0.15, 0.2) is 0 Å². The molecule has 0 amide bonds. The maximum Gasteiger partial charge on any atom is 0.225 e. The molecule has 2 saturated carbocycles. The molecule has 3 aliphatic carbocycles. The SMILES string of the molecule is c1c2c(cc3c1nc1n3CCN(C3CCC3)CC1)CCCC2.c1cnc(N2CCc3cc4nc5n(c4cc3C2)CCN(C2CCC2)CC5)nc1. The Labute approximate surface area is 295 Å². The lowest BCUT2D eigenvalue weighted by atomic mass is 9.91. The molecule has 0 spiro atoms. The second-order valence-electron chi connectivity index (χ2n) is 15.7. The molecular weight excluding hydrogens is 619 g/mol. The van der Waals surface area contributed by atoms with E-state index in [0.29, 0.717) is 0 Å². The Kier molecular flexibility index (Phi) is 8.08. The number of anilines is 1. The Balaban J connectivity index is 0.000000130. The summed E-state index contributed by atoms with van der Waals surface area (Å²) in [4.78, 5) is 26.6. The average molecular weight is 670 g/mol. The largest absolute Gasteiger partial charge is 0.336 e. The van der Waals surface area contributed by atoms with Gasteiger partial charge in [0, 0.05) is 89.7 Å². The molecule has 0 radical (unpaired) electrons. The van der Waals surface area contributed by atoms with Gasteiger partial charge < -0.3 is 14.0 Å². The van der Waals surface area contributed by atoms with E-state index < -0.39 is 0 Å². The van der Waals surface area contributed by atoms with Gasteiger partial charge in [0.2, 0.25) is 5.95 Å². The first-order valence-corrected chi connectivity index (χ1v) is 19.8. The van der Waals surface area contributed by atoms with E-state index in [0.717, 1.165) is 76.6 Å². The Bertz CT molecular complexity index is 2000. The standard InChI is InChI=1S/C22H26N6.C19H25N3/c1-3-18(4-1)26-10-6-21-25-19-13-16-5-9-27(22-23-7-2-8-24-22)15-17(16)14-20(19)28(21)12-11-26;1-2-5-15-13-18-17(12-14(15)4-1)20-19-8-9-21(10-11-22(18)19)16-6-3-7-16/h2,7-8,13-14,18H,1,3-6,9-12,15H2;12-13,16H,1-11H2. The van der Waals surface area contributed by atoms with Gasteiger partial charge in [-0.2, -0.15) is 0 Å². The number of nitrogens with zero attached hydrogens (tertiary/aromatic N) is 9. The minimum atomic E-state index is 0.822. The highest BCUT2D eigenvalue weighted by Gasteiger charge is 2.29. The summed E-state index contributed by atoms with van der Waals surface area (Å²) < 4.78 is 5.00. The molecule has 6 aliphatic rings. The van der Waals surface area contributed by atoms with E-state index >= 15 is 0 Å². The number of aryl methyl sites for hydroxylation is 2. The monoisotopic (exact) mass is 669 g/mol. The number of hydrogen-bond acceptors (Lipinski definition) is 7. The quantitative estimate of drug-likeness (QED) is 0.229. The summed E-state index contributed by atoms with van der Waals surface area (Å²) in [5, 5.41) is 0. The van der Waals surface area contributed by atoms with Crippen molar-refractivity contribution in [1.82, 2.24) is 38.9 Å². The Hall–Kier alpha value is -3.82. The van der Waals surface area contributed by atoms with Crippen molar-refractivity contribution in [2.75, 3.05) is 37.6 Å². The van der Waals surface area contributed by atoms with Crippen LogP contribution in [-0.2, 0) is 51.7 Å². The minimum absolute atomic E-state index is 0.822. The summed E-state index contributed by atoms with van der Waals surface area (Å²) in [6.07, 6.45) is 20.5. The number of benzene rings is 2. The second-order valence-corrected chi connectivity index (χ2v) is 15.7. The van der Waals surface area contributed by atoms with Gasteiger partial charge >= 0.3 is 0 Å². The first-order valence-electron chi connectivity index (χ1n) is 19.8. The zero-order chi connectivity index (χ0) is 33.0. The molecule has 9 nitrogen and oxygen atoms in total. The molecule has 0 N–H and O–H groups in total. The fourth-order valence-corrected chi connectivity index (χ4v) is 9.54. The maximum absolute atomic E-state index is 5.03. The first kappa shape index (κ1) is 31.0. The molecule has 2 fully saturated rings. The molecule has 0 unspecified atom stereocenters. The Morgan fingerprint density at radius 2 is 1.04 bits per heavy atom. The van der Waals surface area contributed by atoms with Crippen molar-refractivity contribution in [3.05, 3.63) is 76.6 Å². The average Bonchev–Trinajstić information content (AvgIpc) is 3.44. The molecule has 11 rings (SSSR count). The van der Waals surface area contributed by atoms with E-state index in [1.165, 1.54) is 122 Å². The normalized spacial score (nSPS) is 21.6. The summed E-state index contributed by atoms with van der Waals surface area (Å²) >= 11 is 0. The van der Waals surface area contributed by atoms with Crippen LogP contribution in [0.25, 0.3) is 22.1 Å². The van der Waals surface area contributed by atoms with Gasteiger partial charge in [0.05, 0.1) is 22.1 Å². The van der Waals surface area contributed by atoms with Crippen molar-refractivity contribution in [3.8, 4) is 0 Å². The Morgan fingerprint density at radius 1 is 0.500 bits per heavy atom. The first-order chi connectivity index (χ1) is 24.7. The molecule has 2 aromatic carbocycles. The van der Waals surface area contributed by atoms with Crippen molar-refractivity contribution in [1.29, 1.82) is 0 Å². The lowest BCUT2D eigenvalue weighted by Gasteiger charge is -2.36. The Morgan fingerprint density at radius 3 is 1.60 bits per heavy atom. The van der Waals surface area contributed by atoms with Crippen LogP contribution < -0.4 is 4.90 Å². The third-order valence-electron chi connectivity index (χ3n) is 12.9. The van der Waals surface area contributed by atoms with Crippen molar-refractivity contribution in [2.45, 2.75) is 115 Å². The van der Waals surface area contributed by atoms with E-state index in [4.69, 9.17) is 9.97 Å². The lowest BCUT2D eigenvalue weighted by Crippen LogP contribution is -2.41. The van der Waals surface area contributed by atoms with Crippen molar-refractivity contribution in [3.63, 3.8) is 0 Å². The molecule has 6 heterocycles. The predicted octanol–water partition coefficient (Wildman–Crippen LogP) is 6.13. The van der Waals surface area contributed by atoms with Crippen LogP contribution in [0.3, 0.4) is 0 Å². The van der Waals surface area contributed by atoms with E-state index in [2.05, 4.69) is 58.1 Å². The number of hydrogen-bond donors (Lipinski definition) is 0. The van der Waals surface area contributed by atoms with Crippen LogP contribution in [0.5, 0.6) is 0 Å². The van der Waals surface area contributed by atoms with Crippen LogP contribution in [0, 0.1) is 0 Å². The summed E-state index contributed by atoms with van der Waals surface area (Å²) in [6.45, 7) is 8.76. The molecule has 9 heteroatoms. The number of fused-ring (bicyclic) bond motifs is 8. The minimum Gasteiger partial charge on any atom is -0.336 e. The van der Waals surface area contributed by atoms with Gasteiger partial charge in [0.1, 0.15) is 11.6 Å². The second kappa shape index (κ2) is 13.1. The topological polar surface area (TPSA) is 71.1 Å². The summed E-state index contributed by atoms with van der Waals surface area (Å²) in [6, 6.07) is 13.1. The number of aromatic nitrogens is 6. The van der Waals surface area contributed by atoms with Gasteiger partial charge in [-0.15, -0.1) is 0 Å². The van der Waals surface area contributed by atoms with E-state index in [1.807, 2.05) is 18.5 Å². The molecular formula is C41H51N9. The van der Waals surface area contributed by atoms with Crippen LogP contribution in [-0.4, -0.2) is 83.7 Å². The highest BCUT2D eigenvalue weighted by atomic mass is 15.3.